The predicted octanol–water partition coefficient (Wildman–Crippen LogP) is 5.21. The van der Waals surface area contributed by atoms with Crippen LogP contribution in [-0.2, 0) is 26.2 Å². The standard InChI is InChI=1S/C33H40FN3O6S/c1-5-29(33(39)35-26-11-6-7-12-26)36(21-24-10-8-9-23(2)19-24)32(38)22-37(27-15-13-25(34)14-16-27)44(40,41)28-17-18-30(42-3)31(20-28)43-4/h8-10,13-20,26,29H,5-7,11-12,21-22H2,1-4H3,(H,35,39)/t29-/m0/s1. The number of hydrogen-bond donors (Lipinski definition) is 1. The summed E-state index contributed by atoms with van der Waals surface area (Å²) in [4.78, 5) is 29.1. The lowest BCUT2D eigenvalue weighted by molar-refractivity contribution is -0.140. The molecule has 4 rings (SSSR count). The number of hydrogen-bond acceptors (Lipinski definition) is 6. The van der Waals surface area contributed by atoms with Crippen molar-refractivity contribution in [3.05, 3.63) is 83.7 Å². The van der Waals surface area contributed by atoms with Crippen LogP contribution in [0.3, 0.4) is 0 Å². The van der Waals surface area contributed by atoms with Gasteiger partial charge in [0.25, 0.3) is 10.0 Å². The second-order valence-corrected chi connectivity index (χ2v) is 12.8. The molecule has 1 aliphatic carbocycles. The lowest BCUT2D eigenvalue weighted by Crippen LogP contribution is -2.53. The maximum Gasteiger partial charge on any atom is 0.264 e. The molecule has 11 heteroatoms. The number of halogens is 1. The van der Waals surface area contributed by atoms with Gasteiger partial charge in [-0.15, -0.1) is 0 Å². The third-order valence-corrected chi connectivity index (χ3v) is 9.63. The first-order chi connectivity index (χ1) is 21.1. The van der Waals surface area contributed by atoms with Crippen LogP contribution in [0.2, 0.25) is 0 Å². The molecule has 1 aliphatic rings. The van der Waals surface area contributed by atoms with Crippen LogP contribution < -0.4 is 19.1 Å². The lowest BCUT2D eigenvalue weighted by atomic mass is 10.1. The van der Waals surface area contributed by atoms with Crippen molar-refractivity contribution in [2.75, 3.05) is 25.1 Å². The number of nitrogens with zero attached hydrogens (tertiary/aromatic N) is 2. The molecular weight excluding hydrogens is 585 g/mol. The van der Waals surface area contributed by atoms with E-state index in [1.165, 1.54) is 49.5 Å². The van der Waals surface area contributed by atoms with Crippen molar-refractivity contribution in [2.24, 2.45) is 0 Å². The number of methoxy groups -OCH3 is 2. The molecule has 1 atom stereocenters. The van der Waals surface area contributed by atoms with Crippen LogP contribution in [0.4, 0.5) is 10.1 Å². The Kier molecular flexibility index (Phi) is 10.9. The van der Waals surface area contributed by atoms with E-state index in [0.29, 0.717) is 12.2 Å². The van der Waals surface area contributed by atoms with E-state index in [2.05, 4.69) is 5.32 Å². The summed E-state index contributed by atoms with van der Waals surface area (Å²) in [6, 6.07) is 15.8. The van der Waals surface area contributed by atoms with E-state index < -0.39 is 34.3 Å². The van der Waals surface area contributed by atoms with E-state index in [4.69, 9.17) is 9.47 Å². The van der Waals surface area contributed by atoms with Crippen LogP contribution in [0.1, 0.15) is 50.2 Å². The largest absolute Gasteiger partial charge is 0.493 e. The van der Waals surface area contributed by atoms with Gasteiger partial charge >= 0.3 is 0 Å². The van der Waals surface area contributed by atoms with Gasteiger partial charge in [-0.25, -0.2) is 12.8 Å². The minimum atomic E-state index is -4.38. The fourth-order valence-electron chi connectivity index (χ4n) is 5.53. The number of benzene rings is 3. The quantitative estimate of drug-likeness (QED) is 0.280. The number of sulfonamides is 1. The van der Waals surface area contributed by atoms with E-state index in [0.717, 1.165) is 53.2 Å². The summed E-state index contributed by atoms with van der Waals surface area (Å²) in [6.45, 7) is 3.24. The average Bonchev–Trinajstić information content (AvgIpc) is 3.52. The molecule has 1 saturated carbocycles. The van der Waals surface area contributed by atoms with Crippen molar-refractivity contribution in [1.82, 2.24) is 10.2 Å². The van der Waals surface area contributed by atoms with Crippen LogP contribution in [0.15, 0.2) is 71.6 Å². The Morgan fingerprint density at radius 3 is 2.27 bits per heavy atom. The first-order valence-corrected chi connectivity index (χ1v) is 16.2. The molecule has 1 fully saturated rings. The van der Waals surface area contributed by atoms with Crippen molar-refractivity contribution in [1.29, 1.82) is 0 Å². The summed E-state index contributed by atoms with van der Waals surface area (Å²) in [5.74, 6) is -0.877. The third-order valence-electron chi connectivity index (χ3n) is 7.86. The normalized spacial score (nSPS) is 14.1. The predicted molar refractivity (Wildman–Crippen MR) is 167 cm³/mol. The summed E-state index contributed by atoms with van der Waals surface area (Å²) in [7, 11) is -1.55. The van der Waals surface area contributed by atoms with E-state index in [9.17, 15) is 22.4 Å². The molecule has 3 aromatic carbocycles. The Morgan fingerprint density at radius 1 is 0.977 bits per heavy atom. The number of nitrogens with one attached hydrogen (secondary N) is 1. The first kappa shape index (κ1) is 32.8. The van der Waals surface area contributed by atoms with Crippen LogP contribution in [0.25, 0.3) is 0 Å². The number of carbonyl (C=O) groups excluding carboxylic acids is 2. The fourth-order valence-corrected chi connectivity index (χ4v) is 6.96. The van der Waals surface area contributed by atoms with Crippen LogP contribution in [0.5, 0.6) is 11.5 Å². The van der Waals surface area contributed by atoms with Gasteiger partial charge in [-0.3, -0.25) is 13.9 Å². The van der Waals surface area contributed by atoms with Gasteiger partial charge in [-0.2, -0.15) is 0 Å². The van der Waals surface area contributed by atoms with E-state index >= 15 is 0 Å². The van der Waals surface area contributed by atoms with Crippen LogP contribution in [0, 0.1) is 12.7 Å². The summed E-state index contributed by atoms with van der Waals surface area (Å²) >= 11 is 0. The highest BCUT2D eigenvalue weighted by atomic mass is 32.2. The number of anilines is 1. The average molecular weight is 626 g/mol. The zero-order valence-corrected chi connectivity index (χ0v) is 26.4. The zero-order chi connectivity index (χ0) is 31.9. The summed E-state index contributed by atoms with van der Waals surface area (Å²) in [5, 5.41) is 3.10. The Labute approximate surface area is 259 Å². The van der Waals surface area contributed by atoms with Gasteiger partial charge in [0, 0.05) is 18.7 Å². The zero-order valence-electron chi connectivity index (χ0n) is 25.6. The van der Waals surface area contributed by atoms with Gasteiger partial charge < -0.3 is 19.7 Å². The second-order valence-electron chi connectivity index (χ2n) is 10.9. The van der Waals surface area contributed by atoms with Crippen molar-refractivity contribution >= 4 is 27.5 Å². The van der Waals surface area contributed by atoms with Crippen molar-refractivity contribution < 1.29 is 31.9 Å². The molecule has 2 amide bonds. The van der Waals surface area contributed by atoms with Crippen molar-refractivity contribution in [3.8, 4) is 11.5 Å². The topological polar surface area (TPSA) is 105 Å². The number of aryl methyl sites for hydroxylation is 1. The maximum absolute atomic E-state index is 14.2. The maximum atomic E-state index is 14.2. The molecular formula is C33H40FN3O6S. The molecule has 0 heterocycles. The lowest BCUT2D eigenvalue weighted by Gasteiger charge is -2.34. The molecule has 9 nitrogen and oxygen atoms in total. The Bertz CT molecular complexity index is 1560. The molecule has 0 saturated heterocycles. The van der Waals surface area contributed by atoms with Crippen LogP contribution in [-0.4, -0.2) is 58.0 Å². The van der Waals surface area contributed by atoms with Gasteiger partial charge in [0.2, 0.25) is 11.8 Å². The minimum absolute atomic E-state index is 0.0496. The first-order valence-electron chi connectivity index (χ1n) is 14.7. The van der Waals surface area contributed by atoms with Gasteiger partial charge in [-0.1, -0.05) is 49.6 Å². The summed E-state index contributed by atoms with van der Waals surface area (Å²) < 4.78 is 53.7. The molecule has 1 N–H and O–H groups in total. The SMILES string of the molecule is CC[C@@H](C(=O)NC1CCCC1)N(Cc1cccc(C)c1)C(=O)CN(c1ccc(F)cc1)S(=O)(=O)c1ccc(OC)c(OC)c1. The molecule has 0 aliphatic heterocycles. The minimum Gasteiger partial charge on any atom is -0.493 e. The Balaban J connectivity index is 1.74. The number of amides is 2. The van der Waals surface area contributed by atoms with Crippen molar-refractivity contribution in [3.63, 3.8) is 0 Å². The van der Waals surface area contributed by atoms with Gasteiger partial charge in [0.15, 0.2) is 11.5 Å². The Morgan fingerprint density at radius 2 is 1.66 bits per heavy atom. The summed E-state index contributed by atoms with van der Waals surface area (Å²) in [6.07, 6.45) is 4.17. The van der Waals surface area contributed by atoms with E-state index in [-0.39, 0.29) is 34.8 Å². The highest BCUT2D eigenvalue weighted by Gasteiger charge is 2.35. The highest BCUT2D eigenvalue weighted by molar-refractivity contribution is 7.92. The molecule has 236 valence electrons. The Hall–Kier alpha value is -4.12. The molecule has 0 aromatic heterocycles. The van der Waals surface area contributed by atoms with Gasteiger partial charge in [-0.05, 0) is 68.1 Å². The van der Waals surface area contributed by atoms with E-state index in [1.807, 2.05) is 38.1 Å². The molecule has 0 bridgehead atoms. The van der Waals surface area contributed by atoms with Crippen molar-refractivity contribution in [2.45, 2.75) is 69.5 Å². The van der Waals surface area contributed by atoms with Gasteiger partial charge in [0.05, 0.1) is 24.8 Å². The molecule has 44 heavy (non-hydrogen) atoms. The number of ether oxygens (including phenoxy) is 2. The van der Waals surface area contributed by atoms with Gasteiger partial charge in [0.1, 0.15) is 18.4 Å². The smallest absolute Gasteiger partial charge is 0.264 e. The second kappa shape index (κ2) is 14.6. The fraction of sp³-hybridized carbons (Fsp3) is 0.394. The molecule has 0 radical (unpaired) electrons. The molecule has 3 aromatic rings. The van der Waals surface area contributed by atoms with E-state index in [1.54, 1.807) is 0 Å². The molecule has 0 spiro atoms. The molecule has 0 unspecified atom stereocenters. The summed E-state index contributed by atoms with van der Waals surface area (Å²) in [5.41, 5.74) is 1.89. The van der Waals surface area contributed by atoms with Crippen LogP contribution >= 0.6 is 0 Å². The number of rotatable bonds is 13. The third kappa shape index (κ3) is 7.68. The monoisotopic (exact) mass is 625 g/mol. The highest BCUT2D eigenvalue weighted by Crippen LogP contribution is 2.32. The number of carbonyl (C=O) groups is 2.